The Bertz CT molecular complexity index is 2510. The third-order valence-electron chi connectivity index (χ3n) is 9.31. The molecule has 0 saturated carbocycles. The number of esters is 4. The molecule has 57 heavy (non-hydrogen) atoms. The van der Waals surface area contributed by atoms with Gasteiger partial charge in [-0.2, -0.15) is 0 Å². The van der Waals surface area contributed by atoms with E-state index in [0.29, 0.717) is 21.9 Å². The van der Waals surface area contributed by atoms with Gasteiger partial charge in [0, 0.05) is 79.1 Å². The number of ether oxygens (including phenoxy) is 6. The predicted octanol–water partition coefficient (Wildman–Crippen LogP) is 4.23. The number of pyridine rings is 1. The van der Waals surface area contributed by atoms with E-state index in [1.54, 1.807) is 30.5 Å². The number of carbonyl (C=O) groups excluding carboxylic acids is 6. The number of hydrogen-bond acceptors (Lipinski definition) is 13. The van der Waals surface area contributed by atoms with Crippen molar-refractivity contribution in [3.63, 3.8) is 0 Å². The van der Waals surface area contributed by atoms with Crippen LogP contribution in [0.25, 0.3) is 33.1 Å². The molecule has 7 rings (SSSR count). The average molecular weight is 783 g/mol. The van der Waals surface area contributed by atoms with Crippen molar-refractivity contribution in [1.29, 1.82) is 0 Å². The molecule has 16 nitrogen and oxygen atoms in total. The van der Waals surface area contributed by atoms with Gasteiger partial charge in [0.05, 0.1) is 17.8 Å². The van der Waals surface area contributed by atoms with Crippen molar-refractivity contribution in [2.45, 2.75) is 64.8 Å². The molecule has 2 aliphatic rings. The molecule has 5 heterocycles. The lowest BCUT2D eigenvalue weighted by Crippen LogP contribution is -2.60. The second-order valence-electron chi connectivity index (χ2n) is 12.9. The number of benzene rings is 2. The summed E-state index contributed by atoms with van der Waals surface area (Å²) in [7, 11) is 0. The van der Waals surface area contributed by atoms with E-state index in [2.05, 4.69) is 9.97 Å². The van der Waals surface area contributed by atoms with Crippen LogP contribution in [0.15, 0.2) is 85.3 Å². The van der Waals surface area contributed by atoms with Crippen LogP contribution < -0.4 is 0 Å². The molecule has 16 heteroatoms. The number of rotatable bonds is 12. The van der Waals surface area contributed by atoms with E-state index in [0.717, 1.165) is 10.5 Å². The molecule has 0 radical (unpaired) electrons. The summed E-state index contributed by atoms with van der Waals surface area (Å²) in [6.45, 7) is -4.55. The van der Waals surface area contributed by atoms with E-state index in [4.69, 9.17) is 33.9 Å². The maximum atomic E-state index is 14.7. The zero-order chi connectivity index (χ0) is 43.2. The van der Waals surface area contributed by atoms with Gasteiger partial charge in [-0.15, -0.1) is 0 Å². The van der Waals surface area contributed by atoms with Crippen molar-refractivity contribution >= 4 is 68.8 Å². The van der Waals surface area contributed by atoms with E-state index in [1.165, 1.54) is 17.0 Å². The second kappa shape index (κ2) is 16.2. The number of nitrogens with one attached hydrogen (secondary N) is 1. The molecule has 0 bridgehead atoms. The number of amides is 2. The monoisotopic (exact) mass is 782 g/mol. The molecule has 5 aromatic rings. The third-order valence-corrected chi connectivity index (χ3v) is 9.31. The van der Waals surface area contributed by atoms with E-state index in [9.17, 15) is 28.8 Å². The predicted molar refractivity (Wildman–Crippen MR) is 200 cm³/mol. The first-order valence-corrected chi connectivity index (χ1v) is 17.4. The van der Waals surface area contributed by atoms with Crippen molar-refractivity contribution < 1.29 is 62.7 Å². The van der Waals surface area contributed by atoms with Crippen LogP contribution in [-0.4, -0.2) is 92.9 Å². The van der Waals surface area contributed by atoms with Crippen molar-refractivity contribution in [3.8, 4) is 0 Å². The van der Waals surface area contributed by atoms with Crippen molar-refractivity contribution in [2.75, 3.05) is 13.3 Å². The van der Waals surface area contributed by atoms with Gasteiger partial charge in [-0.1, -0.05) is 48.5 Å². The Kier molecular flexibility index (Phi) is 9.58. The number of para-hydroxylation sites is 1. The molecule has 294 valence electrons. The Morgan fingerprint density at radius 1 is 0.772 bits per heavy atom. The van der Waals surface area contributed by atoms with Gasteiger partial charge in [0.1, 0.15) is 25.1 Å². The molecule has 1 saturated heterocycles. The van der Waals surface area contributed by atoms with Gasteiger partial charge in [-0.3, -0.25) is 28.8 Å². The van der Waals surface area contributed by atoms with Crippen LogP contribution in [-0.2, 0) is 63.8 Å². The number of imide groups is 1. The molecule has 2 aromatic carbocycles. The standard InChI is InChI=1S/C41H38N4O12/c1-22(46)53-20-32-35(54-23(2)47)36(55-24(3)48)37(56-25(4)49)41(57-32)44-18-30(28-14-10-16-42-38(28)44)34-33(29-17-43-31-15-9-8-13-27(29)31)39(50)45(40(34)51)21-52-19-26-11-6-5-7-12-26/h5-18,32,35-37,41,43H,19-21H2,1-4H3/t32-,35-,36+,37-,41?/m1/s1/i1D,2D,3D,4D. The van der Waals surface area contributed by atoms with Crippen LogP contribution in [0.5, 0.6) is 0 Å². The van der Waals surface area contributed by atoms with E-state index in [-0.39, 0.29) is 29.0 Å². The summed E-state index contributed by atoms with van der Waals surface area (Å²) in [5, 5.41) is 0.942. The lowest BCUT2D eigenvalue weighted by Gasteiger charge is -2.44. The molecule has 1 fully saturated rings. The maximum Gasteiger partial charge on any atom is 0.303 e. The number of fused-ring (bicyclic) bond motifs is 2. The van der Waals surface area contributed by atoms with Crippen LogP contribution in [0.2, 0.25) is 0 Å². The molecule has 1 N–H and O–H groups in total. The first-order chi connectivity index (χ1) is 29.6. The molecule has 0 aliphatic carbocycles. The first kappa shape index (κ1) is 33.7. The largest absolute Gasteiger partial charge is 0.463 e. The zero-order valence-corrected chi connectivity index (χ0v) is 30.2. The first-order valence-electron chi connectivity index (χ1n) is 20.2. The molecular weight excluding hydrogens is 740 g/mol. The van der Waals surface area contributed by atoms with Gasteiger partial charge in [0.25, 0.3) is 11.8 Å². The molecular formula is C41H38N4O12. The smallest absolute Gasteiger partial charge is 0.303 e. The Balaban J connectivity index is 1.39. The summed E-state index contributed by atoms with van der Waals surface area (Å²) in [6, 6.07) is 19.6. The quantitative estimate of drug-likeness (QED) is 0.107. The Hall–Kier alpha value is -6.65. The lowest BCUT2D eigenvalue weighted by molar-refractivity contribution is -0.267. The number of aromatic nitrogens is 3. The number of nitrogens with zero attached hydrogens (tertiary/aromatic N) is 3. The van der Waals surface area contributed by atoms with E-state index in [1.807, 2.05) is 42.5 Å². The highest BCUT2D eigenvalue weighted by Gasteiger charge is 2.53. The minimum absolute atomic E-state index is 0.0280. The zero-order valence-electron chi connectivity index (χ0n) is 34.2. The third kappa shape index (κ3) is 7.77. The second-order valence-corrected chi connectivity index (χ2v) is 12.9. The van der Waals surface area contributed by atoms with Gasteiger partial charge in [0.2, 0.25) is 0 Å². The molecule has 1 unspecified atom stereocenters. The minimum atomic E-state index is -1.79. The fraction of sp³-hybridized carbons (Fsp3) is 0.293. The van der Waals surface area contributed by atoms with Crippen molar-refractivity contribution in [2.24, 2.45) is 0 Å². The van der Waals surface area contributed by atoms with Gasteiger partial charge in [0.15, 0.2) is 24.5 Å². The van der Waals surface area contributed by atoms with Crippen molar-refractivity contribution in [3.05, 3.63) is 102 Å². The lowest BCUT2D eigenvalue weighted by atomic mass is 9.96. The molecule has 2 amide bonds. The van der Waals surface area contributed by atoms with Crippen LogP contribution in [0.3, 0.4) is 0 Å². The molecule has 5 atom stereocenters. The Labute approximate surface area is 330 Å². The highest BCUT2D eigenvalue weighted by molar-refractivity contribution is 6.50. The van der Waals surface area contributed by atoms with E-state index < -0.39 is 107 Å². The summed E-state index contributed by atoms with van der Waals surface area (Å²) < 4.78 is 65.9. The normalized spacial score (nSPS) is 21.8. The van der Waals surface area contributed by atoms with Gasteiger partial charge in [-0.25, -0.2) is 9.88 Å². The van der Waals surface area contributed by atoms with Gasteiger partial charge >= 0.3 is 23.9 Å². The number of carbonyl (C=O) groups is 6. The van der Waals surface area contributed by atoms with Crippen molar-refractivity contribution in [1.82, 2.24) is 19.4 Å². The summed E-state index contributed by atoms with van der Waals surface area (Å²) >= 11 is 0. The van der Waals surface area contributed by atoms with Crippen LogP contribution >= 0.6 is 0 Å². The average Bonchev–Trinajstić information content (AvgIpc) is 3.95. The Morgan fingerprint density at radius 2 is 1.42 bits per heavy atom. The molecule has 2 aliphatic heterocycles. The number of hydrogen-bond donors (Lipinski definition) is 1. The van der Waals surface area contributed by atoms with Gasteiger partial charge in [-0.05, 0) is 23.8 Å². The summed E-state index contributed by atoms with van der Waals surface area (Å²) in [4.78, 5) is 88.4. The number of H-pyrrole nitrogens is 1. The minimum Gasteiger partial charge on any atom is -0.463 e. The van der Waals surface area contributed by atoms with Crippen LogP contribution in [0, 0.1) is 0 Å². The molecule has 3 aromatic heterocycles. The summed E-state index contributed by atoms with van der Waals surface area (Å²) in [5.74, 6) is -5.78. The topological polar surface area (TPSA) is 195 Å². The Morgan fingerprint density at radius 3 is 2.16 bits per heavy atom. The highest BCUT2D eigenvalue weighted by atomic mass is 16.7. The molecule has 0 spiro atoms. The van der Waals surface area contributed by atoms with Crippen LogP contribution in [0.4, 0.5) is 0 Å². The summed E-state index contributed by atoms with van der Waals surface area (Å²) in [5.41, 5.74) is 2.15. The number of aromatic amines is 1. The van der Waals surface area contributed by atoms with Gasteiger partial charge < -0.3 is 38.0 Å². The fourth-order valence-corrected chi connectivity index (χ4v) is 7.06. The van der Waals surface area contributed by atoms with Crippen LogP contribution in [0.1, 0.15) is 56.0 Å². The fourth-order valence-electron chi connectivity index (χ4n) is 7.06. The summed E-state index contributed by atoms with van der Waals surface area (Å²) in [6.07, 6.45) is -3.97. The maximum absolute atomic E-state index is 14.7. The highest BCUT2D eigenvalue weighted by Crippen LogP contribution is 2.43. The SMILES string of the molecule is [2H]CC(=O)OC[C@H]1OC(n2cc(C3=C(c4c[nH]c5ccccc45)C(=O)N(COCc4ccccc4)C3=O)c3cccnc32)[C@H](OC(=O)C[2H])[C@@H](OC(=O)C[2H])[C@@H]1OC(=O)C[2H]. The van der Waals surface area contributed by atoms with E-state index >= 15 is 0 Å².